The minimum absolute atomic E-state index is 0.122. The molecular weight excluding hydrogens is 368 g/mol. The molecule has 1 amide bonds. The first-order valence-electron chi connectivity index (χ1n) is 7.66. The van der Waals surface area contributed by atoms with E-state index >= 15 is 0 Å². The van der Waals surface area contributed by atoms with Gasteiger partial charge in [0.25, 0.3) is 5.91 Å². The van der Waals surface area contributed by atoms with Gasteiger partial charge in [-0.3, -0.25) is 4.79 Å². The van der Waals surface area contributed by atoms with E-state index < -0.39 is 0 Å². The number of rotatable bonds is 5. The summed E-state index contributed by atoms with van der Waals surface area (Å²) in [6, 6.07) is 15.4. The predicted molar refractivity (Wildman–Crippen MR) is 101 cm³/mol. The second-order valence-corrected chi connectivity index (χ2v) is 7.35. The lowest BCUT2D eigenvalue weighted by molar-refractivity contribution is -0.120. The Bertz CT molecular complexity index is 702. The summed E-state index contributed by atoms with van der Waals surface area (Å²) in [5.41, 5.74) is 3.02. The van der Waals surface area contributed by atoms with E-state index in [1.807, 2.05) is 36.4 Å². The summed E-state index contributed by atoms with van der Waals surface area (Å²) in [4.78, 5) is 16.8. The third kappa shape index (κ3) is 5.81. The fourth-order valence-corrected chi connectivity index (χ4v) is 2.26. The predicted octanol–water partition coefficient (Wildman–Crippen LogP) is 4.74. The van der Waals surface area contributed by atoms with Crippen molar-refractivity contribution in [3.63, 3.8) is 0 Å². The Labute approximate surface area is 151 Å². The molecule has 0 aliphatic carbocycles. The van der Waals surface area contributed by atoms with Crippen molar-refractivity contribution in [2.45, 2.75) is 26.2 Å². The first kappa shape index (κ1) is 18.2. The van der Waals surface area contributed by atoms with Crippen molar-refractivity contribution < 1.29 is 9.63 Å². The molecule has 126 valence electrons. The Morgan fingerprint density at radius 1 is 1.12 bits per heavy atom. The van der Waals surface area contributed by atoms with E-state index in [2.05, 4.69) is 59.3 Å². The first-order chi connectivity index (χ1) is 11.3. The molecule has 5 heteroatoms. The molecule has 0 atom stereocenters. The molecule has 0 saturated carbocycles. The van der Waals surface area contributed by atoms with Crippen LogP contribution in [0.4, 0.5) is 5.69 Å². The number of nitrogens with one attached hydrogen (secondary N) is 1. The number of amides is 1. The van der Waals surface area contributed by atoms with Crippen LogP contribution >= 0.6 is 15.9 Å². The van der Waals surface area contributed by atoms with Gasteiger partial charge >= 0.3 is 0 Å². The number of hydrogen-bond donors (Lipinski definition) is 1. The Kier molecular flexibility index (Phi) is 6.15. The van der Waals surface area contributed by atoms with E-state index in [0.717, 1.165) is 10.0 Å². The van der Waals surface area contributed by atoms with Gasteiger partial charge in [-0.2, -0.15) is 0 Å². The molecule has 0 aliphatic heterocycles. The minimum atomic E-state index is -0.252. The van der Waals surface area contributed by atoms with E-state index in [1.54, 1.807) is 6.21 Å². The summed E-state index contributed by atoms with van der Waals surface area (Å²) >= 11 is 3.34. The number of halogens is 1. The molecule has 1 N–H and O–H groups in total. The Morgan fingerprint density at radius 2 is 1.75 bits per heavy atom. The summed E-state index contributed by atoms with van der Waals surface area (Å²) in [5, 5.41) is 6.57. The maximum atomic E-state index is 11.7. The third-order valence-corrected chi connectivity index (χ3v) is 3.91. The molecule has 2 aromatic rings. The first-order valence-corrected chi connectivity index (χ1v) is 8.45. The highest BCUT2D eigenvalue weighted by Crippen LogP contribution is 2.21. The molecule has 0 aromatic heterocycles. The normalized spacial score (nSPS) is 11.5. The van der Waals surface area contributed by atoms with Gasteiger partial charge in [0.15, 0.2) is 6.61 Å². The van der Waals surface area contributed by atoms with E-state index in [0.29, 0.717) is 5.69 Å². The average molecular weight is 389 g/mol. The second kappa shape index (κ2) is 8.11. The molecular formula is C19H21BrN2O2. The highest BCUT2D eigenvalue weighted by Gasteiger charge is 2.12. The van der Waals surface area contributed by atoms with Crippen LogP contribution in [0.15, 0.2) is 58.2 Å². The van der Waals surface area contributed by atoms with Gasteiger partial charge in [0.1, 0.15) is 0 Å². The highest BCUT2D eigenvalue weighted by molar-refractivity contribution is 9.10. The van der Waals surface area contributed by atoms with Crippen molar-refractivity contribution in [2.75, 3.05) is 11.9 Å². The number of nitrogens with zero attached hydrogens (tertiary/aromatic N) is 1. The van der Waals surface area contributed by atoms with Crippen molar-refractivity contribution in [2.24, 2.45) is 5.16 Å². The monoisotopic (exact) mass is 388 g/mol. The van der Waals surface area contributed by atoms with Gasteiger partial charge in [-0.1, -0.05) is 66.1 Å². The van der Waals surface area contributed by atoms with Crippen LogP contribution in [0, 0.1) is 0 Å². The Morgan fingerprint density at radius 3 is 2.33 bits per heavy atom. The minimum Gasteiger partial charge on any atom is -0.386 e. The standard InChI is InChI=1S/C19H21BrN2O2/c1-19(2,3)15-6-4-14(5-7-15)12-21-24-13-18(23)22-17-10-8-16(20)9-11-17/h4-12H,13H2,1-3H3,(H,22,23)/b21-12-. The van der Waals surface area contributed by atoms with Crippen LogP contribution in [0.2, 0.25) is 0 Å². The lowest BCUT2D eigenvalue weighted by Gasteiger charge is -2.18. The smallest absolute Gasteiger partial charge is 0.265 e. The van der Waals surface area contributed by atoms with Gasteiger partial charge in [0.2, 0.25) is 0 Å². The molecule has 0 heterocycles. The molecule has 0 fully saturated rings. The molecule has 2 aromatic carbocycles. The van der Waals surface area contributed by atoms with Crippen LogP contribution in [0.5, 0.6) is 0 Å². The molecule has 0 unspecified atom stereocenters. The lowest BCUT2D eigenvalue weighted by Crippen LogP contribution is -2.16. The average Bonchev–Trinajstić information content (AvgIpc) is 2.53. The van der Waals surface area contributed by atoms with Crippen LogP contribution in [-0.4, -0.2) is 18.7 Å². The zero-order valence-corrected chi connectivity index (χ0v) is 15.6. The molecule has 4 nitrogen and oxygen atoms in total. The van der Waals surface area contributed by atoms with Gasteiger partial charge in [0.05, 0.1) is 6.21 Å². The van der Waals surface area contributed by atoms with E-state index in [1.165, 1.54) is 5.56 Å². The molecule has 2 rings (SSSR count). The number of carbonyl (C=O) groups excluding carboxylic acids is 1. The maximum absolute atomic E-state index is 11.7. The van der Waals surface area contributed by atoms with Crippen LogP contribution in [-0.2, 0) is 15.0 Å². The zero-order valence-electron chi connectivity index (χ0n) is 14.0. The van der Waals surface area contributed by atoms with Crippen molar-refractivity contribution in [1.82, 2.24) is 0 Å². The van der Waals surface area contributed by atoms with Crippen LogP contribution in [0.1, 0.15) is 31.9 Å². The van der Waals surface area contributed by atoms with Crippen LogP contribution < -0.4 is 5.32 Å². The number of carbonyl (C=O) groups is 1. The maximum Gasteiger partial charge on any atom is 0.265 e. The molecule has 0 spiro atoms. The van der Waals surface area contributed by atoms with E-state index in [4.69, 9.17) is 4.84 Å². The third-order valence-electron chi connectivity index (χ3n) is 3.38. The van der Waals surface area contributed by atoms with Crippen molar-refractivity contribution in [1.29, 1.82) is 0 Å². The van der Waals surface area contributed by atoms with Crippen LogP contribution in [0.25, 0.3) is 0 Å². The fourth-order valence-electron chi connectivity index (χ4n) is 1.99. The van der Waals surface area contributed by atoms with Crippen molar-refractivity contribution in [3.05, 3.63) is 64.1 Å². The summed E-state index contributed by atoms with van der Waals surface area (Å²) in [6.45, 7) is 6.38. The summed E-state index contributed by atoms with van der Waals surface area (Å²) < 4.78 is 0.957. The van der Waals surface area contributed by atoms with Gasteiger partial charge in [-0.05, 0) is 40.8 Å². The SMILES string of the molecule is CC(C)(C)c1ccc(/C=N\OCC(=O)Nc2ccc(Br)cc2)cc1. The second-order valence-electron chi connectivity index (χ2n) is 6.44. The quantitative estimate of drug-likeness (QED) is 0.594. The summed E-state index contributed by atoms with van der Waals surface area (Å²) in [7, 11) is 0. The highest BCUT2D eigenvalue weighted by atomic mass is 79.9. The Balaban J connectivity index is 1.79. The zero-order chi connectivity index (χ0) is 17.6. The van der Waals surface area contributed by atoms with Crippen LogP contribution in [0.3, 0.4) is 0 Å². The fraction of sp³-hybridized carbons (Fsp3) is 0.263. The van der Waals surface area contributed by atoms with Crippen molar-refractivity contribution >= 4 is 33.7 Å². The Hall–Kier alpha value is -2.14. The molecule has 0 radical (unpaired) electrons. The number of hydrogen-bond acceptors (Lipinski definition) is 3. The van der Waals surface area contributed by atoms with Gasteiger partial charge in [0, 0.05) is 10.2 Å². The van der Waals surface area contributed by atoms with Gasteiger partial charge in [-0.25, -0.2) is 0 Å². The van der Waals surface area contributed by atoms with Gasteiger partial charge in [-0.15, -0.1) is 0 Å². The van der Waals surface area contributed by atoms with E-state index in [9.17, 15) is 4.79 Å². The largest absolute Gasteiger partial charge is 0.386 e. The van der Waals surface area contributed by atoms with E-state index in [-0.39, 0.29) is 17.9 Å². The summed E-state index contributed by atoms with van der Waals surface area (Å²) in [6.07, 6.45) is 1.60. The van der Waals surface area contributed by atoms with Gasteiger partial charge < -0.3 is 10.2 Å². The number of oxime groups is 1. The van der Waals surface area contributed by atoms with Crippen molar-refractivity contribution in [3.8, 4) is 0 Å². The molecule has 24 heavy (non-hydrogen) atoms. The number of anilines is 1. The summed E-state index contributed by atoms with van der Waals surface area (Å²) in [5.74, 6) is -0.252. The molecule has 0 aliphatic rings. The topological polar surface area (TPSA) is 50.7 Å². The molecule has 0 saturated heterocycles. The number of benzene rings is 2. The molecule has 0 bridgehead atoms. The lowest BCUT2D eigenvalue weighted by atomic mass is 9.87.